The Kier molecular flexibility index (Phi) is 2.06. The van der Waals surface area contributed by atoms with Crippen LogP contribution in [0.1, 0.15) is 12.8 Å². The van der Waals surface area contributed by atoms with Crippen LogP contribution in [0.3, 0.4) is 0 Å². The van der Waals surface area contributed by atoms with Crippen molar-refractivity contribution in [1.29, 1.82) is 0 Å². The average Bonchev–Trinajstić information content (AvgIpc) is 2.84. The fourth-order valence-corrected chi connectivity index (χ4v) is 3.24. The third-order valence-electron chi connectivity index (χ3n) is 2.95. The Morgan fingerprint density at radius 2 is 1.93 bits per heavy atom. The summed E-state index contributed by atoms with van der Waals surface area (Å²) in [5.41, 5.74) is 6.63. The summed E-state index contributed by atoms with van der Waals surface area (Å²) in [6, 6.07) is 8.43. The zero-order valence-corrected chi connectivity index (χ0v) is 9.39. The lowest BCUT2D eigenvalue weighted by molar-refractivity contribution is 0.949. The zero-order chi connectivity index (χ0) is 10.3. The van der Waals surface area contributed by atoms with Crippen molar-refractivity contribution in [3.63, 3.8) is 0 Å². The normalized spacial score (nSPS) is 16.4. The summed E-state index contributed by atoms with van der Waals surface area (Å²) in [6.45, 7) is 2.42. The number of thiophene rings is 1. The van der Waals surface area contributed by atoms with E-state index in [-0.39, 0.29) is 0 Å². The van der Waals surface area contributed by atoms with Crippen LogP contribution in [0.5, 0.6) is 0 Å². The minimum Gasteiger partial charge on any atom is -0.399 e. The number of nitrogens with zero attached hydrogens (tertiary/aromatic N) is 1. The molecule has 2 nitrogen and oxygen atoms in total. The van der Waals surface area contributed by atoms with E-state index in [1.807, 2.05) is 17.4 Å². The van der Waals surface area contributed by atoms with Gasteiger partial charge < -0.3 is 10.6 Å². The number of hydrogen-bond acceptors (Lipinski definition) is 3. The number of nitrogen functional groups attached to an aromatic ring is 1. The molecule has 0 amide bonds. The van der Waals surface area contributed by atoms with Crippen molar-refractivity contribution in [2.24, 2.45) is 0 Å². The molecule has 78 valence electrons. The van der Waals surface area contributed by atoms with Crippen molar-refractivity contribution in [3.05, 3.63) is 24.3 Å². The van der Waals surface area contributed by atoms with Gasteiger partial charge in [0.25, 0.3) is 0 Å². The second-order valence-corrected chi connectivity index (χ2v) is 5.14. The monoisotopic (exact) mass is 218 g/mol. The maximum Gasteiger partial charge on any atom is 0.0920 e. The Bertz CT molecular complexity index is 483. The highest BCUT2D eigenvalue weighted by Gasteiger charge is 2.14. The van der Waals surface area contributed by atoms with Crippen LogP contribution in [0.2, 0.25) is 0 Å². The molecule has 0 atom stereocenters. The van der Waals surface area contributed by atoms with E-state index in [0.29, 0.717) is 0 Å². The quantitative estimate of drug-likeness (QED) is 0.745. The van der Waals surface area contributed by atoms with Gasteiger partial charge in [0.1, 0.15) is 0 Å². The van der Waals surface area contributed by atoms with Crippen molar-refractivity contribution in [2.75, 3.05) is 23.7 Å². The molecular weight excluding hydrogens is 204 g/mol. The molecule has 0 bridgehead atoms. The van der Waals surface area contributed by atoms with Gasteiger partial charge in [0, 0.05) is 23.5 Å². The third-order valence-corrected chi connectivity index (χ3v) is 4.12. The summed E-state index contributed by atoms with van der Waals surface area (Å²) in [7, 11) is 0. The van der Waals surface area contributed by atoms with Gasteiger partial charge in [0.05, 0.1) is 5.00 Å². The Morgan fingerprint density at radius 1 is 1.13 bits per heavy atom. The molecule has 0 radical (unpaired) electrons. The zero-order valence-electron chi connectivity index (χ0n) is 8.57. The number of rotatable bonds is 1. The number of fused-ring (bicyclic) bond motifs is 1. The molecule has 0 aliphatic carbocycles. The Balaban J connectivity index is 2.05. The minimum atomic E-state index is 0.855. The van der Waals surface area contributed by atoms with E-state index in [9.17, 15) is 0 Å². The van der Waals surface area contributed by atoms with E-state index in [1.54, 1.807) is 0 Å². The summed E-state index contributed by atoms with van der Waals surface area (Å²) >= 11 is 1.87. The molecule has 2 heterocycles. The molecule has 1 aliphatic rings. The maximum atomic E-state index is 5.78. The van der Waals surface area contributed by atoms with E-state index in [2.05, 4.69) is 23.1 Å². The van der Waals surface area contributed by atoms with Crippen LogP contribution in [-0.2, 0) is 0 Å². The molecule has 1 fully saturated rings. The number of nitrogens with two attached hydrogens (primary N) is 1. The number of hydrogen-bond donors (Lipinski definition) is 1. The highest BCUT2D eigenvalue weighted by Crippen LogP contribution is 2.34. The van der Waals surface area contributed by atoms with Gasteiger partial charge >= 0.3 is 0 Å². The largest absolute Gasteiger partial charge is 0.399 e. The lowest BCUT2D eigenvalue weighted by Crippen LogP contribution is -2.15. The van der Waals surface area contributed by atoms with Crippen LogP contribution >= 0.6 is 11.3 Å². The molecule has 1 saturated heterocycles. The molecule has 3 rings (SSSR count). The van der Waals surface area contributed by atoms with Crippen molar-refractivity contribution in [1.82, 2.24) is 0 Å². The van der Waals surface area contributed by atoms with E-state index in [4.69, 9.17) is 5.73 Å². The molecule has 2 aromatic rings. The van der Waals surface area contributed by atoms with E-state index in [1.165, 1.54) is 41.0 Å². The summed E-state index contributed by atoms with van der Waals surface area (Å²) in [6.07, 6.45) is 2.66. The molecular formula is C12H14N2S. The van der Waals surface area contributed by atoms with Gasteiger partial charge in [0.15, 0.2) is 0 Å². The first-order valence-electron chi connectivity index (χ1n) is 5.37. The highest BCUT2D eigenvalue weighted by atomic mass is 32.1. The van der Waals surface area contributed by atoms with E-state index in [0.717, 1.165) is 5.69 Å². The fourth-order valence-electron chi connectivity index (χ4n) is 2.14. The Hall–Kier alpha value is -1.22. The molecule has 0 unspecified atom stereocenters. The highest BCUT2D eigenvalue weighted by molar-refractivity contribution is 7.22. The summed E-state index contributed by atoms with van der Waals surface area (Å²) in [5.74, 6) is 0. The molecule has 2 N–H and O–H groups in total. The SMILES string of the molecule is Nc1ccc2sc(N3CCCC3)cc2c1. The third kappa shape index (κ3) is 1.57. The van der Waals surface area contributed by atoms with Crippen LogP contribution in [0.25, 0.3) is 10.1 Å². The van der Waals surface area contributed by atoms with Crippen LogP contribution in [-0.4, -0.2) is 13.1 Å². The van der Waals surface area contributed by atoms with Gasteiger partial charge in [-0.15, -0.1) is 11.3 Å². The van der Waals surface area contributed by atoms with Gasteiger partial charge in [-0.2, -0.15) is 0 Å². The predicted molar refractivity (Wildman–Crippen MR) is 67.7 cm³/mol. The maximum absolute atomic E-state index is 5.78. The summed E-state index contributed by atoms with van der Waals surface area (Å²) < 4.78 is 1.34. The number of benzene rings is 1. The second kappa shape index (κ2) is 3.42. The fraction of sp³-hybridized carbons (Fsp3) is 0.333. The van der Waals surface area contributed by atoms with Gasteiger partial charge in [-0.1, -0.05) is 0 Å². The van der Waals surface area contributed by atoms with Gasteiger partial charge in [-0.05, 0) is 42.5 Å². The standard InChI is InChI=1S/C12H14N2S/c13-10-3-4-11-9(7-10)8-12(15-11)14-5-1-2-6-14/h3-4,7-8H,1-2,5-6,13H2. The lowest BCUT2D eigenvalue weighted by Gasteiger charge is -2.13. The van der Waals surface area contributed by atoms with Crippen LogP contribution in [0.15, 0.2) is 24.3 Å². The van der Waals surface area contributed by atoms with Crippen LogP contribution in [0, 0.1) is 0 Å². The topological polar surface area (TPSA) is 29.3 Å². The molecule has 0 spiro atoms. The van der Waals surface area contributed by atoms with Crippen molar-refractivity contribution in [3.8, 4) is 0 Å². The van der Waals surface area contributed by atoms with Crippen LogP contribution < -0.4 is 10.6 Å². The number of anilines is 2. The van der Waals surface area contributed by atoms with Gasteiger partial charge in [0.2, 0.25) is 0 Å². The summed E-state index contributed by atoms with van der Waals surface area (Å²) in [4.78, 5) is 2.47. The van der Waals surface area contributed by atoms with Crippen molar-refractivity contribution in [2.45, 2.75) is 12.8 Å². The molecule has 15 heavy (non-hydrogen) atoms. The Morgan fingerprint density at radius 3 is 2.73 bits per heavy atom. The molecule has 1 aromatic carbocycles. The van der Waals surface area contributed by atoms with Crippen molar-refractivity contribution < 1.29 is 0 Å². The summed E-state index contributed by atoms with van der Waals surface area (Å²) in [5, 5.41) is 2.68. The molecule has 0 saturated carbocycles. The second-order valence-electron chi connectivity index (χ2n) is 4.08. The average molecular weight is 218 g/mol. The minimum absolute atomic E-state index is 0.855. The first-order chi connectivity index (χ1) is 7.33. The van der Waals surface area contributed by atoms with Crippen molar-refractivity contribution >= 4 is 32.1 Å². The molecule has 3 heteroatoms. The first kappa shape index (κ1) is 9.04. The first-order valence-corrected chi connectivity index (χ1v) is 6.18. The van der Waals surface area contributed by atoms with Crippen LogP contribution in [0.4, 0.5) is 10.7 Å². The molecule has 1 aliphatic heterocycles. The van der Waals surface area contributed by atoms with E-state index < -0.39 is 0 Å². The lowest BCUT2D eigenvalue weighted by atomic mass is 10.2. The van der Waals surface area contributed by atoms with Gasteiger partial charge in [-0.25, -0.2) is 0 Å². The Labute approximate surface area is 93.3 Å². The van der Waals surface area contributed by atoms with E-state index >= 15 is 0 Å². The predicted octanol–water partition coefficient (Wildman–Crippen LogP) is 3.08. The van der Waals surface area contributed by atoms with Gasteiger partial charge in [-0.3, -0.25) is 0 Å². The smallest absolute Gasteiger partial charge is 0.0920 e. The molecule has 1 aromatic heterocycles.